The van der Waals surface area contributed by atoms with Gasteiger partial charge in [-0.1, -0.05) is 0 Å². The van der Waals surface area contributed by atoms with E-state index in [1.165, 1.54) is 6.92 Å². The van der Waals surface area contributed by atoms with Crippen LogP contribution in [0.2, 0.25) is 0 Å². The molecule has 0 amide bonds. The Hall–Kier alpha value is -0.950. The number of nitrogens with zero attached hydrogens (tertiary/aromatic N) is 2. The minimum absolute atomic E-state index is 0.00204. The van der Waals surface area contributed by atoms with Crippen LogP contribution in [0.1, 0.15) is 13.3 Å². The maximum absolute atomic E-state index is 10.0. The van der Waals surface area contributed by atoms with E-state index in [9.17, 15) is 4.79 Å². The van der Waals surface area contributed by atoms with E-state index in [0.717, 1.165) is 6.21 Å². The monoisotopic (exact) mass is 98.0 g/mol. The first kappa shape index (κ1) is 6.05. The SMILES string of the molecule is CC(=O)CC=[N+]=[N-]. The molecule has 0 heterocycles. The molecule has 0 rings (SSSR count). The Balaban J connectivity index is 3.32. The largest absolute Gasteiger partial charge is 0.362 e. The Kier molecular flexibility index (Phi) is 2.81. The van der Waals surface area contributed by atoms with E-state index < -0.39 is 0 Å². The van der Waals surface area contributed by atoms with Crippen molar-refractivity contribution in [3.8, 4) is 0 Å². The molecular formula is C4H6N2O. The Morgan fingerprint density at radius 3 is 2.71 bits per heavy atom. The van der Waals surface area contributed by atoms with Crippen LogP contribution in [0, 0.1) is 0 Å². The Morgan fingerprint density at radius 2 is 2.57 bits per heavy atom. The van der Waals surface area contributed by atoms with E-state index in [4.69, 9.17) is 5.53 Å². The third-order valence-electron chi connectivity index (χ3n) is 0.460. The smallest absolute Gasteiger partial charge is 0.264 e. The summed E-state index contributed by atoms with van der Waals surface area (Å²) < 4.78 is 0. The average Bonchev–Trinajstić information content (AvgIpc) is 1.61. The molecule has 0 aromatic heterocycles. The van der Waals surface area contributed by atoms with Crippen LogP contribution in [0.5, 0.6) is 0 Å². The summed E-state index contributed by atoms with van der Waals surface area (Å²) in [6, 6.07) is 0. The highest BCUT2D eigenvalue weighted by Gasteiger charge is 1.88. The number of rotatable bonds is 2. The molecule has 0 saturated carbocycles. The van der Waals surface area contributed by atoms with Crippen LogP contribution in [0.15, 0.2) is 0 Å². The van der Waals surface area contributed by atoms with Gasteiger partial charge in [-0.25, -0.2) is 0 Å². The van der Waals surface area contributed by atoms with Gasteiger partial charge in [-0.05, 0) is 6.92 Å². The fraction of sp³-hybridized carbons (Fsp3) is 0.500. The molecule has 0 aliphatic carbocycles. The van der Waals surface area contributed by atoms with E-state index in [1.807, 2.05) is 0 Å². The molecule has 0 atom stereocenters. The Labute approximate surface area is 41.6 Å². The standard InChI is InChI=1S/C4H6N2O/c1-4(7)2-3-6-5/h3H,2H2,1H3. The lowest BCUT2D eigenvalue weighted by atomic mass is 10.3. The summed E-state index contributed by atoms with van der Waals surface area (Å²) in [5, 5.41) is 0. The van der Waals surface area contributed by atoms with Crippen molar-refractivity contribution in [2.24, 2.45) is 0 Å². The van der Waals surface area contributed by atoms with Crippen LogP contribution in [0.3, 0.4) is 0 Å². The first-order valence-electron chi connectivity index (χ1n) is 1.92. The van der Waals surface area contributed by atoms with Crippen LogP contribution in [0.4, 0.5) is 0 Å². The summed E-state index contributed by atoms with van der Waals surface area (Å²) in [6.45, 7) is 1.43. The molecule has 3 nitrogen and oxygen atoms in total. The molecule has 3 heteroatoms. The van der Waals surface area contributed by atoms with Crippen LogP contribution in [-0.4, -0.2) is 16.8 Å². The number of carbonyl (C=O) groups is 1. The van der Waals surface area contributed by atoms with Gasteiger partial charge in [-0.2, -0.15) is 4.79 Å². The van der Waals surface area contributed by atoms with E-state index in [2.05, 4.69) is 4.79 Å². The normalized spacial score (nSPS) is 7.00. The summed E-state index contributed by atoms with van der Waals surface area (Å²) in [6.07, 6.45) is 1.37. The van der Waals surface area contributed by atoms with Crippen LogP contribution < -0.4 is 0 Å². The fourth-order valence-corrected chi connectivity index (χ4v) is 0.169. The molecule has 0 aromatic carbocycles. The predicted molar refractivity (Wildman–Crippen MR) is 25.0 cm³/mol. The van der Waals surface area contributed by atoms with Crippen LogP contribution >= 0.6 is 0 Å². The first-order valence-corrected chi connectivity index (χ1v) is 1.92. The molecule has 0 spiro atoms. The van der Waals surface area contributed by atoms with Gasteiger partial charge in [0.25, 0.3) is 6.21 Å². The van der Waals surface area contributed by atoms with E-state index >= 15 is 0 Å². The van der Waals surface area contributed by atoms with E-state index in [-0.39, 0.29) is 12.2 Å². The fourth-order valence-electron chi connectivity index (χ4n) is 0.169. The molecule has 0 radical (unpaired) electrons. The Bertz CT molecular complexity index is 113. The van der Waals surface area contributed by atoms with Crippen molar-refractivity contribution in [1.82, 2.24) is 0 Å². The second-order valence-electron chi connectivity index (χ2n) is 1.20. The van der Waals surface area contributed by atoms with Crippen molar-refractivity contribution in [2.45, 2.75) is 13.3 Å². The summed E-state index contributed by atoms with van der Waals surface area (Å²) in [4.78, 5) is 12.6. The number of ketones is 1. The lowest BCUT2D eigenvalue weighted by Crippen LogP contribution is -1.88. The molecule has 0 saturated heterocycles. The van der Waals surface area contributed by atoms with E-state index in [0.29, 0.717) is 0 Å². The molecule has 0 N–H and O–H groups in total. The average molecular weight is 98.1 g/mol. The van der Waals surface area contributed by atoms with Gasteiger partial charge in [0, 0.05) is 0 Å². The highest BCUT2D eigenvalue weighted by Crippen LogP contribution is 1.69. The van der Waals surface area contributed by atoms with Crippen molar-refractivity contribution < 1.29 is 9.58 Å². The van der Waals surface area contributed by atoms with Crippen LogP contribution in [0.25, 0.3) is 5.53 Å². The molecule has 0 aliphatic heterocycles. The number of Topliss-reactive ketones (excluding diaryl/α,β-unsaturated/α-hetero) is 1. The number of hydrogen-bond donors (Lipinski definition) is 0. The minimum Gasteiger partial charge on any atom is -0.362 e. The van der Waals surface area contributed by atoms with Gasteiger partial charge in [0.2, 0.25) is 0 Å². The molecule has 0 bridgehead atoms. The van der Waals surface area contributed by atoms with Gasteiger partial charge < -0.3 is 5.53 Å². The lowest BCUT2D eigenvalue weighted by Gasteiger charge is -1.69. The minimum atomic E-state index is -0.00204. The zero-order valence-corrected chi connectivity index (χ0v) is 4.09. The molecule has 0 unspecified atom stereocenters. The zero-order valence-electron chi connectivity index (χ0n) is 4.09. The van der Waals surface area contributed by atoms with Gasteiger partial charge in [0.1, 0.15) is 12.2 Å². The second-order valence-corrected chi connectivity index (χ2v) is 1.20. The van der Waals surface area contributed by atoms with Gasteiger partial charge in [0.15, 0.2) is 0 Å². The third-order valence-corrected chi connectivity index (χ3v) is 0.460. The maximum Gasteiger partial charge on any atom is 0.264 e. The van der Waals surface area contributed by atoms with Crippen molar-refractivity contribution in [2.75, 3.05) is 0 Å². The third kappa shape index (κ3) is 5.05. The summed E-state index contributed by atoms with van der Waals surface area (Å²) in [7, 11) is 0. The molecule has 7 heavy (non-hydrogen) atoms. The van der Waals surface area contributed by atoms with Crippen molar-refractivity contribution in [1.29, 1.82) is 0 Å². The summed E-state index contributed by atoms with van der Waals surface area (Å²) in [5.74, 6) is -0.00204. The van der Waals surface area contributed by atoms with Crippen molar-refractivity contribution in [3.63, 3.8) is 0 Å². The lowest BCUT2D eigenvalue weighted by molar-refractivity contribution is -0.116. The van der Waals surface area contributed by atoms with E-state index in [1.54, 1.807) is 0 Å². The highest BCUT2D eigenvalue weighted by molar-refractivity contribution is 5.87. The number of hydrogen-bond acceptors (Lipinski definition) is 1. The van der Waals surface area contributed by atoms with Gasteiger partial charge in [-0.15, -0.1) is 0 Å². The van der Waals surface area contributed by atoms with Crippen molar-refractivity contribution in [3.05, 3.63) is 5.53 Å². The number of carbonyl (C=O) groups excluding carboxylic acids is 1. The summed E-state index contributed by atoms with van der Waals surface area (Å²) in [5.41, 5.74) is 7.73. The Morgan fingerprint density at radius 1 is 2.00 bits per heavy atom. The summed E-state index contributed by atoms with van der Waals surface area (Å²) >= 11 is 0. The second kappa shape index (κ2) is 3.25. The quantitative estimate of drug-likeness (QED) is 0.278. The predicted octanol–water partition coefficient (Wildman–Crippen LogP) is 0.266. The van der Waals surface area contributed by atoms with Crippen LogP contribution in [-0.2, 0) is 4.79 Å². The molecule has 0 fully saturated rings. The van der Waals surface area contributed by atoms with Gasteiger partial charge >= 0.3 is 0 Å². The maximum atomic E-state index is 10.0. The molecule has 0 aliphatic rings. The topological polar surface area (TPSA) is 53.5 Å². The van der Waals surface area contributed by atoms with Gasteiger partial charge in [-0.3, -0.25) is 4.79 Å². The molecular weight excluding hydrogens is 92.1 g/mol. The highest BCUT2D eigenvalue weighted by atomic mass is 16.1. The molecule has 0 aromatic rings. The van der Waals surface area contributed by atoms with Crippen molar-refractivity contribution >= 4 is 12.0 Å². The molecule has 38 valence electrons. The zero-order chi connectivity index (χ0) is 5.70. The first-order chi connectivity index (χ1) is 3.27. The van der Waals surface area contributed by atoms with Gasteiger partial charge in [0.05, 0.1) is 0 Å².